The van der Waals surface area contributed by atoms with Crippen LogP contribution < -0.4 is 10.1 Å². The molecule has 9 heteroatoms. The molecule has 0 unspecified atom stereocenters. The smallest absolute Gasteiger partial charge is 0.194 e. The number of hydrogen-bond acceptors (Lipinski definition) is 9. The third kappa shape index (κ3) is 3.39. The van der Waals surface area contributed by atoms with Crippen LogP contribution in [0.3, 0.4) is 0 Å². The van der Waals surface area contributed by atoms with E-state index in [1.165, 1.54) is 26.8 Å². The Kier molecular flexibility index (Phi) is 5.93. The maximum Gasteiger partial charge on any atom is 0.194 e. The molecule has 0 saturated carbocycles. The molecule has 1 aliphatic heterocycles. The van der Waals surface area contributed by atoms with E-state index in [0.29, 0.717) is 12.2 Å². The molecule has 1 aromatic carbocycles. The fourth-order valence-electron chi connectivity index (χ4n) is 3.93. The molecule has 0 amide bonds. The molecule has 166 valence electrons. The van der Waals surface area contributed by atoms with E-state index in [9.17, 15) is 24.6 Å². The van der Waals surface area contributed by atoms with Crippen LogP contribution in [0.2, 0.25) is 0 Å². The first-order valence-electron chi connectivity index (χ1n) is 9.79. The second-order valence-electron chi connectivity index (χ2n) is 7.65. The van der Waals surface area contributed by atoms with Gasteiger partial charge in [-0.1, -0.05) is 0 Å². The van der Waals surface area contributed by atoms with Crippen molar-refractivity contribution in [3.8, 4) is 17.2 Å². The summed E-state index contributed by atoms with van der Waals surface area (Å²) in [6, 6.07) is 0. The number of phenols is 2. The van der Waals surface area contributed by atoms with Crippen LogP contribution in [-0.2, 0) is 19.7 Å². The number of carbonyl (C=O) groups is 3. The molecule has 3 rings (SSSR count). The molecule has 9 nitrogen and oxygen atoms in total. The monoisotopic (exact) mass is 431 g/mol. The summed E-state index contributed by atoms with van der Waals surface area (Å²) >= 11 is 0. The predicted molar refractivity (Wildman–Crippen MR) is 109 cm³/mol. The van der Waals surface area contributed by atoms with Crippen LogP contribution in [0, 0.1) is 6.92 Å². The van der Waals surface area contributed by atoms with Crippen LogP contribution in [0.1, 0.15) is 42.3 Å². The molecule has 0 spiro atoms. The summed E-state index contributed by atoms with van der Waals surface area (Å²) in [5, 5.41) is 32.8. The third-order valence-electron chi connectivity index (χ3n) is 5.63. The van der Waals surface area contributed by atoms with Gasteiger partial charge in [0, 0.05) is 23.9 Å². The van der Waals surface area contributed by atoms with Gasteiger partial charge in [-0.2, -0.15) is 0 Å². The molecule has 1 heterocycles. The van der Waals surface area contributed by atoms with Crippen molar-refractivity contribution in [2.75, 3.05) is 26.4 Å². The minimum absolute atomic E-state index is 0.0110. The van der Waals surface area contributed by atoms with Crippen LogP contribution in [0.5, 0.6) is 17.2 Å². The SMILES string of the molecule is CC(=O)c1c(O)c(C)c(O)c2c1OC1=CC(=O)C(=C(C)NCCOCCO)C(=O)[C@@]12C. The quantitative estimate of drug-likeness (QED) is 0.216. The number of rotatable bonds is 7. The summed E-state index contributed by atoms with van der Waals surface area (Å²) in [7, 11) is 0. The maximum atomic E-state index is 13.5. The molecule has 0 radical (unpaired) electrons. The first-order valence-corrected chi connectivity index (χ1v) is 9.79. The number of allylic oxidation sites excluding steroid dienone is 4. The summed E-state index contributed by atoms with van der Waals surface area (Å²) in [5.74, 6) is -2.60. The Morgan fingerprint density at radius 1 is 1.19 bits per heavy atom. The molecule has 1 aliphatic carbocycles. The highest BCUT2D eigenvalue weighted by Gasteiger charge is 2.56. The van der Waals surface area contributed by atoms with E-state index in [1.54, 1.807) is 6.92 Å². The number of carbonyl (C=O) groups excluding carboxylic acids is 3. The Morgan fingerprint density at radius 2 is 1.87 bits per heavy atom. The molecular weight excluding hydrogens is 406 g/mol. The van der Waals surface area contributed by atoms with E-state index < -0.39 is 28.5 Å². The molecule has 1 aromatic rings. The van der Waals surface area contributed by atoms with Gasteiger partial charge in [0.1, 0.15) is 34.0 Å². The normalized spacial score (nSPS) is 21.3. The van der Waals surface area contributed by atoms with Crippen molar-refractivity contribution < 1.29 is 39.2 Å². The highest BCUT2D eigenvalue weighted by atomic mass is 16.5. The molecule has 31 heavy (non-hydrogen) atoms. The molecular formula is C22H25NO8. The molecule has 0 fully saturated rings. The van der Waals surface area contributed by atoms with Crippen molar-refractivity contribution in [2.45, 2.75) is 33.1 Å². The Hall–Kier alpha value is -3.17. The summed E-state index contributed by atoms with van der Waals surface area (Å²) in [5.41, 5.74) is -1.37. The second kappa shape index (κ2) is 8.16. The highest BCUT2D eigenvalue weighted by molar-refractivity contribution is 6.31. The maximum absolute atomic E-state index is 13.5. The van der Waals surface area contributed by atoms with Crippen molar-refractivity contribution in [3.05, 3.63) is 39.8 Å². The van der Waals surface area contributed by atoms with Crippen LogP contribution >= 0.6 is 0 Å². The lowest BCUT2D eigenvalue weighted by molar-refractivity contribution is -0.123. The zero-order valence-electron chi connectivity index (χ0n) is 17.8. The number of aliphatic hydroxyl groups excluding tert-OH is 1. The Morgan fingerprint density at radius 3 is 2.48 bits per heavy atom. The summed E-state index contributed by atoms with van der Waals surface area (Å²) in [6.07, 6.45) is 1.17. The number of benzene rings is 1. The standard InChI is InChI=1S/C22H25NO8/c1-10-18(27)16(12(3)25)20-17(19(10)28)22(4)14(31-20)9-13(26)15(21(22)29)11(2)23-5-7-30-8-6-24/h9,23-24,27-28H,5-8H2,1-4H3/t22-/m0/s1. The topological polar surface area (TPSA) is 142 Å². The van der Waals surface area contributed by atoms with Crippen LogP contribution in [-0.4, -0.2) is 59.0 Å². The fourth-order valence-corrected chi connectivity index (χ4v) is 3.93. The van der Waals surface area contributed by atoms with Crippen LogP contribution in [0.15, 0.2) is 23.1 Å². The number of aliphatic hydroxyl groups is 1. The number of hydrogen-bond donors (Lipinski definition) is 4. The summed E-state index contributed by atoms with van der Waals surface area (Å²) < 4.78 is 10.9. The average Bonchev–Trinajstić information content (AvgIpc) is 2.99. The Labute approximate surface area is 179 Å². The van der Waals surface area contributed by atoms with E-state index in [-0.39, 0.29) is 59.3 Å². The van der Waals surface area contributed by atoms with Gasteiger partial charge in [-0.25, -0.2) is 0 Å². The lowest BCUT2D eigenvalue weighted by atomic mass is 9.70. The Balaban J connectivity index is 2.10. The first kappa shape index (κ1) is 22.5. The predicted octanol–water partition coefficient (Wildman–Crippen LogP) is 1.17. The fraction of sp³-hybridized carbons (Fsp3) is 0.409. The zero-order valence-corrected chi connectivity index (χ0v) is 17.8. The van der Waals surface area contributed by atoms with Crippen molar-refractivity contribution in [3.63, 3.8) is 0 Å². The van der Waals surface area contributed by atoms with E-state index in [4.69, 9.17) is 14.6 Å². The van der Waals surface area contributed by atoms with Gasteiger partial charge in [0.05, 0.1) is 31.0 Å². The van der Waals surface area contributed by atoms with Crippen molar-refractivity contribution in [1.29, 1.82) is 0 Å². The Bertz CT molecular complexity index is 1050. The van der Waals surface area contributed by atoms with Gasteiger partial charge in [-0.05, 0) is 27.7 Å². The zero-order chi connectivity index (χ0) is 23.1. The molecule has 4 N–H and O–H groups in total. The summed E-state index contributed by atoms with van der Waals surface area (Å²) in [6.45, 7) is 6.40. The third-order valence-corrected chi connectivity index (χ3v) is 5.63. The van der Waals surface area contributed by atoms with Gasteiger partial charge < -0.3 is 30.1 Å². The van der Waals surface area contributed by atoms with E-state index >= 15 is 0 Å². The van der Waals surface area contributed by atoms with Gasteiger partial charge in [-0.15, -0.1) is 0 Å². The number of fused-ring (bicyclic) bond motifs is 3. The number of nitrogens with one attached hydrogen (secondary N) is 1. The lowest BCUT2D eigenvalue weighted by Gasteiger charge is -2.29. The highest BCUT2D eigenvalue weighted by Crippen LogP contribution is 2.57. The van der Waals surface area contributed by atoms with Crippen LogP contribution in [0.4, 0.5) is 0 Å². The van der Waals surface area contributed by atoms with Gasteiger partial charge >= 0.3 is 0 Å². The molecule has 0 bridgehead atoms. The molecule has 1 atom stereocenters. The van der Waals surface area contributed by atoms with Gasteiger partial charge in [0.2, 0.25) is 0 Å². The number of phenolic OH excluding ortho intramolecular Hbond substituents is 2. The van der Waals surface area contributed by atoms with E-state index in [1.807, 2.05) is 0 Å². The van der Waals surface area contributed by atoms with Crippen LogP contribution in [0.25, 0.3) is 0 Å². The largest absolute Gasteiger partial charge is 0.507 e. The lowest BCUT2D eigenvalue weighted by Crippen LogP contribution is -2.41. The number of ether oxygens (including phenoxy) is 2. The second-order valence-corrected chi connectivity index (χ2v) is 7.65. The molecule has 2 aliphatic rings. The van der Waals surface area contributed by atoms with E-state index in [2.05, 4.69) is 5.32 Å². The van der Waals surface area contributed by atoms with E-state index in [0.717, 1.165) is 0 Å². The molecule has 0 saturated heterocycles. The number of Topliss-reactive ketones (excluding diaryl/α,β-unsaturated/α-hetero) is 2. The van der Waals surface area contributed by atoms with Gasteiger partial charge in [0.25, 0.3) is 0 Å². The van der Waals surface area contributed by atoms with Crippen molar-refractivity contribution in [1.82, 2.24) is 5.32 Å². The average molecular weight is 431 g/mol. The minimum atomic E-state index is -1.54. The van der Waals surface area contributed by atoms with Crippen molar-refractivity contribution >= 4 is 17.3 Å². The van der Waals surface area contributed by atoms with Gasteiger partial charge in [0.15, 0.2) is 17.3 Å². The summed E-state index contributed by atoms with van der Waals surface area (Å²) in [4.78, 5) is 38.5. The number of ketones is 3. The van der Waals surface area contributed by atoms with Gasteiger partial charge in [-0.3, -0.25) is 14.4 Å². The first-order chi connectivity index (χ1) is 14.6. The minimum Gasteiger partial charge on any atom is -0.507 e. The molecule has 0 aromatic heterocycles. The van der Waals surface area contributed by atoms with Crippen molar-refractivity contribution in [2.24, 2.45) is 0 Å². The number of aromatic hydroxyl groups is 2.